The van der Waals surface area contributed by atoms with Crippen molar-refractivity contribution in [2.45, 2.75) is 32.2 Å². The fraction of sp³-hybridized carbons (Fsp3) is 0.562. The molecule has 1 atom stereocenters. The first-order chi connectivity index (χ1) is 9.55. The minimum atomic E-state index is -0.735. The molecule has 0 spiro atoms. The molecular formula is C16H24N2O2. The molecule has 1 unspecified atom stereocenters. The van der Waals surface area contributed by atoms with Crippen LogP contribution in [0.1, 0.15) is 32.3 Å². The number of likely N-dealkylation sites (tertiary alicyclic amines) is 1. The van der Waals surface area contributed by atoms with E-state index in [-0.39, 0.29) is 12.6 Å². The molecule has 4 heteroatoms. The summed E-state index contributed by atoms with van der Waals surface area (Å²) in [5.41, 5.74) is 0.183. The molecule has 110 valence electrons. The summed E-state index contributed by atoms with van der Waals surface area (Å²) in [6, 6.07) is 9.52. The van der Waals surface area contributed by atoms with Crippen LogP contribution in [0.4, 0.5) is 4.79 Å². The Bertz CT molecular complexity index is 441. The van der Waals surface area contributed by atoms with Gasteiger partial charge in [0.15, 0.2) is 0 Å². The summed E-state index contributed by atoms with van der Waals surface area (Å²) in [5.74, 6) is 0.692. The van der Waals surface area contributed by atoms with Crippen molar-refractivity contribution in [1.29, 1.82) is 0 Å². The van der Waals surface area contributed by atoms with E-state index in [1.54, 1.807) is 0 Å². The van der Waals surface area contributed by atoms with Crippen molar-refractivity contribution >= 4 is 6.03 Å². The quantitative estimate of drug-likeness (QED) is 0.890. The largest absolute Gasteiger partial charge is 0.394 e. The number of amides is 2. The van der Waals surface area contributed by atoms with Gasteiger partial charge in [0.25, 0.3) is 0 Å². The van der Waals surface area contributed by atoms with Crippen molar-refractivity contribution < 1.29 is 9.90 Å². The van der Waals surface area contributed by atoms with Gasteiger partial charge in [-0.15, -0.1) is 0 Å². The lowest BCUT2D eigenvalue weighted by Gasteiger charge is -2.35. The number of benzene rings is 1. The zero-order chi connectivity index (χ0) is 14.6. The Morgan fingerprint density at radius 2 is 1.95 bits per heavy atom. The Morgan fingerprint density at radius 3 is 2.50 bits per heavy atom. The highest BCUT2D eigenvalue weighted by molar-refractivity contribution is 5.75. The van der Waals surface area contributed by atoms with Crippen LogP contribution in [0.15, 0.2) is 30.3 Å². The molecule has 20 heavy (non-hydrogen) atoms. The number of nitrogens with one attached hydrogen (secondary N) is 1. The molecule has 2 N–H and O–H groups in total. The lowest BCUT2D eigenvalue weighted by Crippen LogP contribution is -2.53. The molecule has 4 nitrogen and oxygen atoms in total. The predicted molar refractivity (Wildman–Crippen MR) is 79.4 cm³/mol. The number of nitrogens with zero attached hydrogens (tertiary/aromatic N) is 1. The molecule has 1 heterocycles. The van der Waals surface area contributed by atoms with Crippen LogP contribution in [0.2, 0.25) is 0 Å². The van der Waals surface area contributed by atoms with Crippen molar-refractivity contribution in [3.8, 4) is 0 Å². The highest BCUT2D eigenvalue weighted by Crippen LogP contribution is 2.21. The van der Waals surface area contributed by atoms with E-state index in [1.165, 1.54) is 0 Å². The maximum absolute atomic E-state index is 12.4. The summed E-state index contributed by atoms with van der Waals surface area (Å²) in [6.07, 6.45) is 2.10. The molecule has 1 aliphatic rings. The van der Waals surface area contributed by atoms with Crippen molar-refractivity contribution in [2.75, 3.05) is 19.7 Å². The minimum Gasteiger partial charge on any atom is -0.394 e. The standard InChI is InChI=1S/C16H24N2O2/c1-13-8-10-18(11-9-13)15(20)17-16(2,12-19)14-6-4-3-5-7-14/h3-7,13,19H,8-12H2,1-2H3,(H,17,20). The predicted octanol–water partition coefficient (Wildman–Crippen LogP) is 2.34. The number of carbonyl (C=O) groups excluding carboxylic acids is 1. The monoisotopic (exact) mass is 276 g/mol. The van der Waals surface area contributed by atoms with Gasteiger partial charge >= 0.3 is 6.03 Å². The third-order valence-electron chi connectivity index (χ3n) is 4.18. The number of hydrogen-bond acceptors (Lipinski definition) is 2. The molecule has 1 fully saturated rings. The first kappa shape index (κ1) is 14.9. The van der Waals surface area contributed by atoms with E-state index in [0.29, 0.717) is 5.92 Å². The zero-order valence-electron chi connectivity index (χ0n) is 12.3. The third kappa shape index (κ3) is 3.31. The molecule has 0 aliphatic carbocycles. The topological polar surface area (TPSA) is 52.6 Å². The molecule has 0 radical (unpaired) electrons. The highest BCUT2D eigenvalue weighted by atomic mass is 16.3. The van der Waals surface area contributed by atoms with Crippen LogP contribution in [0.25, 0.3) is 0 Å². The minimum absolute atomic E-state index is 0.0858. The van der Waals surface area contributed by atoms with E-state index in [4.69, 9.17) is 0 Å². The van der Waals surface area contributed by atoms with E-state index < -0.39 is 5.54 Å². The van der Waals surface area contributed by atoms with Crippen molar-refractivity contribution in [3.05, 3.63) is 35.9 Å². The van der Waals surface area contributed by atoms with Gasteiger partial charge in [-0.2, -0.15) is 0 Å². The smallest absolute Gasteiger partial charge is 0.318 e. The van der Waals surface area contributed by atoms with Gasteiger partial charge in [0.1, 0.15) is 0 Å². The Hall–Kier alpha value is -1.55. The second-order valence-electron chi connectivity index (χ2n) is 5.96. The fourth-order valence-electron chi connectivity index (χ4n) is 2.54. The molecular weight excluding hydrogens is 252 g/mol. The van der Waals surface area contributed by atoms with Crippen molar-refractivity contribution in [2.24, 2.45) is 5.92 Å². The second-order valence-corrected chi connectivity index (χ2v) is 5.96. The number of aliphatic hydroxyl groups is 1. The first-order valence-corrected chi connectivity index (χ1v) is 7.28. The Balaban J connectivity index is 2.04. The highest BCUT2D eigenvalue weighted by Gasteiger charge is 2.30. The average Bonchev–Trinajstić information content (AvgIpc) is 2.48. The number of carbonyl (C=O) groups is 1. The van der Waals surface area contributed by atoms with E-state index in [9.17, 15) is 9.90 Å². The molecule has 1 aromatic rings. The lowest BCUT2D eigenvalue weighted by molar-refractivity contribution is 0.139. The van der Waals surface area contributed by atoms with Gasteiger partial charge in [-0.25, -0.2) is 4.79 Å². The normalized spacial score (nSPS) is 19.4. The number of aliphatic hydroxyl groups excluding tert-OH is 1. The fourth-order valence-corrected chi connectivity index (χ4v) is 2.54. The maximum Gasteiger partial charge on any atom is 0.318 e. The van der Waals surface area contributed by atoms with Gasteiger partial charge in [0.2, 0.25) is 0 Å². The molecule has 2 amide bonds. The Kier molecular flexibility index (Phi) is 4.65. The molecule has 0 aromatic heterocycles. The summed E-state index contributed by atoms with van der Waals surface area (Å²) in [5, 5.41) is 12.7. The summed E-state index contributed by atoms with van der Waals surface area (Å²) < 4.78 is 0. The van der Waals surface area contributed by atoms with E-state index >= 15 is 0 Å². The van der Waals surface area contributed by atoms with Crippen LogP contribution in [0, 0.1) is 5.92 Å². The van der Waals surface area contributed by atoms with Gasteiger partial charge in [-0.05, 0) is 31.2 Å². The molecule has 1 saturated heterocycles. The van der Waals surface area contributed by atoms with Gasteiger partial charge in [0, 0.05) is 13.1 Å². The Labute approximate surface area is 120 Å². The summed E-state index contributed by atoms with van der Waals surface area (Å²) in [7, 11) is 0. The van der Waals surface area contributed by atoms with Crippen molar-refractivity contribution in [1.82, 2.24) is 10.2 Å². The van der Waals surface area contributed by atoms with Crippen LogP contribution < -0.4 is 5.32 Å². The first-order valence-electron chi connectivity index (χ1n) is 7.28. The van der Waals surface area contributed by atoms with Crippen molar-refractivity contribution in [3.63, 3.8) is 0 Å². The molecule has 1 aliphatic heterocycles. The lowest BCUT2D eigenvalue weighted by atomic mass is 9.93. The SMILES string of the molecule is CC1CCN(C(=O)NC(C)(CO)c2ccccc2)CC1. The van der Waals surface area contributed by atoms with E-state index in [1.807, 2.05) is 42.2 Å². The second kappa shape index (κ2) is 6.27. The molecule has 1 aromatic carbocycles. The van der Waals surface area contributed by atoms with Crippen LogP contribution in [0.3, 0.4) is 0 Å². The Morgan fingerprint density at radius 1 is 1.35 bits per heavy atom. The van der Waals surface area contributed by atoms with Crippen LogP contribution >= 0.6 is 0 Å². The van der Waals surface area contributed by atoms with Gasteiger partial charge < -0.3 is 15.3 Å². The van der Waals surface area contributed by atoms with E-state index in [0.717, 1.165) is 31.5 Å². The summed E-state index contributed by atoms with van der Waals surface area (Å²) in [6.45, 7) is 5.55. The van der Waals surface area contributed by atoms with E-state index in [2.05, 4.69) is 12.2 Å². The maximum atomic E-state index is 12.4. The zero-order valence-corrected chi connectivity index (χ0v) is 12.3. The van der Waals surface area contributed by atoms with Gasteiger partial charge in [-0.1, -0.05) is 37.3 Å². The van der Waals surface area contributed by atoms with Crippen LogP contribution in [-0.2, 0) is 5.54 Å². The third-order valence-corrected chi connectivity index (χ3v) is 4.18. The number of rotatable bonds is 3. The van der Waals surface area contributed by atoms with Crippen LogP contribution in [-0.4, -0.2) is 35.7 Å². The molecule has 2 rings (SSSR count). The number of hydrogen-bond donors (Lipinski definition) is 2. The summed E-state index contributed by atoms with van der Waals surface area (Å²) in [4.78, 5) is 14.2. The van der Waals surface area contributed by atoms with Crippen LogP contribution in [0.5, 0.6) is 0 Å². The number of piperidine rings is 1. The average molecular weight is 276 g/mol. The molecule has 0 saturated carbocycles. The van der Waals surface area contributed by atoms with Gasteiger partial charge in [-0.3, -0.25) is 0 Å². The molecule has 0 bridgehead atoms. The van der Waals surface area contributed by atoms with Gasteiger partial charge in [0.05, 0.1) is 12.1 Å². The number of urea groups is 1. The summed E-state index contributed by atoms with van der Waals surface area (Å²) >= 11 is 0.